The van der Waals surface area contributed by atoms with Gasteiger partial charge in [0.2, 0.25) is 5.91 Å². The maximum absolute atomic E-state index is 11.8. The molecule has 2 heteroatoms. The van der Waals surface area contributed by atoms with Crippen molar-refractivity contribution in [3.63, 3.8) is 0 Å². The van der Waals surface area contributed by atoms with Gasteiger partial charge in [-0.3, -0.25) is 4.79 Å². The summed E-state index contributed by atoms with van der Waals surface area (Å²) < 4.78 is 0. The lowest BCUT2D eigenvalue weighted by Gasteiger charge is -2.25. The molecule has 0 aromatic carbocycles. The van der Waals surface area contributed by atoms with Gasteiger partial charge in [-0.2, -0.15) is 0 Å². The van der Waals surface area contributed by atoms with Gasteiger partial charge in [0.1, 0.15) is 0 Å². The predicted molar refractivity (Wildman–Crippen MR) is 59.1 cm³/mol. The minimum atomic E-state index is 0.149. The highest BCUT2D eigenvalue weighted by molar-refractivity contribution is 5.78. The summed E-state index contributed by atoms with van der Waals surface area (Å²) in [6.07, 6.45) is 5.36. The van der Waals surface area contributed by atoms with Gasteiger partial charge in [0.05, 0.1) is 0 Å². The van der Waals surface area contributed by atoms with Crippen LogP contribution in [0.3, 0.4) is 0 Å². The first kappa shape index (κ1) is 11.5. The number of hydrogen-bond acceptors (Lipinski definition) is 1. The molecular weight excluding hydrogens is 174 g/mol. The molecule has 0 unspecified atom stereocenters. The minimum absolute atomic E-state index is 0.149. The Morgan fingerprint density at radius 2 is 1.93 bits per heavy atom. The van der Waals surface area contributed by atoms with Gasteiger partial charge < -0.3 is 4.90 Å². The zero-order valence-corrected chi connectivity index (χ0v) is 9.75. The second-order valence-corrected chi connectivity index (χ2v) is 4.68. The van der Waals surface area contributed by atoms with Crippen LogP contribution in [0.5, 0.6) is 0 Å². The average molecular weight is 197 g/mol. The largest absolute Gasteiger partial charge is 0.342 e. The zero-order chi connectivity index (χ0) is 10.6. The van der Waals surface area contributed by atoms with E-state index in [4.69, 9.17) is 0 Å². The minimum Gasteiger partial charge on any atom is -0.342 e. The number of carbonyl (C=O) groups is 1. The summed E-state index contributed by atoms with van der Waals surface area (Å²) in [7, 11) is 0. The summed E-state index contributed by atoms with van der Waals surface area (Å²) in [6.45, 7) is 7.91. The Hall–Kier alpha value is -0.530. The van der Waals surface area contributed by atoms with Gasteiger partial charge in [0, 0.05) is 19.0 Å². The van der Waals surface area contributed by atoms with Crippen molar-refractivity contribution in [1.82, 2.24) is 4.90 Å². The third kappa shape index (κ3) is 3.00. The Morgan fingerprint density at radius 1 is 1.36 bits per heavy atom. The molecule has 0 atom stereocenters. The quantitative estimate of drug-likeness (QED) is 0.678. The Balaban J connectivity index is 2.41. The van der Waals surface area contributed by atoms with Crippen LogP contribution in [0.4, 0.5) is 0 Å². The van der Waals surface area contributed by atoms with Crippen LogP contribution < -0.4 is 0 Å². The van der Waals surface area contributed by atoms with Gasteiger partial charge in [-0.25, -0.2) is 0 Å². The van der Waals surface area contributed by atoms with Gasteiger partial charge in [-0.15, -0.1) is 0 Å². The van der Waals surface area contributed by atoms with Gasteiger partial charge in [0.15, 0.2) is 0 Å². The van der Waals surface area contributed by atoms with Crippen LogP contribution in [-0.4, -0.2) is 23.9 Å². The smallest absolute Gasteiger partial charge is 0.225 e. The molecule has 0 aliphatic heterocycles. The molecular formula is C12H23NO. The van der Waals surface area contributed by atoms with Crippen LogP contribution in [-0.2, 0) is 4.79 Å². The van der Waals surface area contributed by atoms with Crippen molar-refractivity contribution in [2.75, 3.05) is 13.1 Å². The number of carbonyl (C=O) groups excluding carboxylic acids is 1. The lowest BCUT2D eigenvalue weighted by Crippen LogP contribution is -2.37. The van der Waals surface area contributed by atoms with Gasteiger partial charge in [-0.1, -0.05) is 26.7 Å². The second-order valence-electron chi connectivity index (χ2n) is 4.68. The molecule has 1 saturated carbocycles. The normalized spacial score (nSPS) is 17.7. The summed E-state index contributed by atoms with van der Waals surface area (Å²) in [4.78, 5) is 13.8. The van der Waals surface area contributed by atoms with Crippen LogP contribution in [0.2, 0.25) is 0 Å². The van der Waals surface area contributed by atoms with Crippen molar-refractivity contribution in [1.29, 1.82) is 0 Å². The molecule has 82 valence electrons. The maximum atomic E-state index is 11.8. The predicted octanol–water partition coefficient (Wildman–Crippen LogP) is 2.68. The van der Waals surface area contributed by atoms with Crippen molar-refractivity contribution in [2.45, 2.75) is 46.5 Å². The van der Waals surface area contributed by atoms with E-state index in [9.17, 15) is 4.79 Å². The molecule has 1 amide bonds. The molecule has 0 spiro atoms. The fourth-order valence-corrected chi connectivity index (χ4v) is 2.24. The Morgan fingerprint density at radius 3 is 2.36 bits per heavy atom. The first-order valence-electron chi connectivity index (χ1n) is 5.94. The fourth-order valence-electron chi connectivity index (χ4n) is 2.24. The Bertz CT molecular complexity index is 183. The fraction of sp³-hybridized carbons (Fsp3) is 0.917. The first-order valence-corrected chi connectivity index (χ1v) is 5.94. The van der Waals surface area contributed by atoms with E-state index in [0.717, 1.165) is 19.0 Å². The topological polar surface area (TPSA) is 20.3 Å². The third-order valence-electron chi connectivity index (χ3n) is 3.14. The van der Waals surface area contributed by atoms with Gasteiger partial charge in [-0.05, 0) is 25.7 Å². The number of rotatable bonds is 4. The lowest BCUT2D eigenvalue weighted by molar-refractivity contribution is -0.134. The Labute approximate surface area is 87.7 Å². The summed E-state index contributed by atoms with van der Waals surface area (Å²) in [5, 5.41) is 0. The average Bonchev–Trinajstić information content (AvgIpc) is 2.65. The monoisotopic (exact) mass is 197 g/mol. The van der Waals surface area contributed by atoms with E-state index in [1.807, 2.05) is 18.7 Å². The molecule has 1 rings (SSSR count). The second kappa shape index (κ2) is 5.38. The zero-order valence-electron chi connectivity index (χ0n) is 9.75. The van der Waals surface area contributed by atoms with Crippen molar-refractivity contribution in [3.8, 4) is 0 Å². The van der Waals surface area contributed by atoms with Crippen molar-refractivity contribution in [2.24, 2.45) is 11.8 Å². The standard InChI is InChI=1S/C12H23NO/c1-4-13(12(14)10(2)3)9-11-7-5-6-8-11/h10-11H,4-9H2,1-3H3. The van der Waals surface area contributed by atoms with Gasteiger partial charge >= 0.3 is 0 Å². The van der Waals surface area contributed by atoms with Crippen LogP contribution in [0.1, 0.15) is 46.5 Å². The maximum Gasteiger partial charge on any atom is 0.225 e. The molecule has 0 aromatic rings. The summed E-state index contributed by atoms with van der Waals surface area (Å²) in [5.41, 5.74) is 0. The molecule has 1 aliphatic carbocycles. The number of nitrogens with zero attached hydrogens (tertiary/aromatic N) is 1. The Kier molecular flexibility index (Phi) is 4.43. The molecule has 14 heavy (non-hydrogen) atoms. The van der Waals surface area contributed by atoms with E-state index in [1.54, 1.807) is 0 Å². The molecule has 1 aliphatic rings. The highest BCUT2D eigenvalue weighted by Gasteiger charge is 2.21. The van der Waals surface area contributed by atoms with Crippen LogP contribution in [0.25, 0.3) is 0 Å². The molecule has 2 nitrogen and oxygen atoms in total. The lowest BCUT2D eigenvalue weighted by atomic mass is 10.1. The molecule has 0 aromatic heterocycles. The third-order valence-corrected chi connectivity index (χ3v) is 3.14. The van der Waals surface area contributed by atoms with Crippen LogP contribution in [0, 0.1) is 11.8 Å². The van der Waals surface area contributed by atoms with Crippen molar-refractivity contribution < 1.29 is 4.79 Å². The van der Waals surface area contributed by atoms with Crippen molar-refractivity contribution in [3.05, 3.63) is 0 Å². The molecule has 0 heterocycles. The van der Waals surface area contributed by atoms with E-state index in [2.05, 4.69) is 6.92 Å². The van der Waals surface area contributed by atoms with Crippen LogP contribution in [0.15, 0.2) is 0 Å². The SMILES string of the molecule is CCN(CC1CCCC1)C(=O)C(C)C. The molecule has 1 fully saturated rings. The molecule has 0 radical (unpaired) electrons. The van der Waals surface area contributed by atoms with E-state index < -0.39 is 0 Å². The molecule has 0 N–H and O–H groups in total. The highest BCUT2D eigenvalue weighted by atomic mass is 16.2. The molecule has 0 bridgehead atoms. The summed E-state index contributed by atoms with van der Waals surface area (Å²) in [5.74, 6) is 1.24. The van der Waals surface area contributed by atoms with Crippen LogP contribution >= 0.6 is 0 Å². The highest BCUT2D eigenvalue weighted by Crippen LogP contribution is 2.25. The summed E-state index contributed by atoms with van der Waals surface area (Å²) >= 11 is 0. The first-order chi connectivity index (χ1) is 6.65. The van der Waals surface area contributed by atoms with E-state index >= 15 is 0 Å². The number of hydrogen-bond donors (Lipinski definition) is 0. The van der Waals surface area contributed by atoms with E-state index in [1.165, 1.54) is 25.7 Å². The molecule has 0 saturated heterocycles. The van der Waals surface area contributed by atoms with Crippen molar-refractivity contribution >= 4 is 5.91 Å². The van der Waals surface area contributed by atoms with Gasteiger partial charge in [0.25, 0.3) is 0 Å². The summed E-state index contributed by atoms with van der Waals surface area (Å²) in [6, 6.07) is 0. The van der Waals surface area contributed by atoms with E-state index in [-0.39, 0.29) is 5.92 Å². The van der Waals surface area contributed by atoms with E-state index in [0.29, 0.717) is 5.91 Å². The number of amides is 1.